The molecule has 0 fully saturated rings. The summed E-state index contributed by atoms with van der Waals surface area (Å²) in [6.45, 7) is 5.44. The summed E-state index contributed by atoms with van der Waals surface area (Å²) < 4.78 is 35.0. The molecule has 2 atom stereocenters. The maximum Gasteiger partial charge on any atom is 0.472 e. The first-order valence-corrected chi connectivity index (χ1v) is 25.5. The van der Waals surface area contributed by atoms with E-state index in [0.29, 0.717) is 24.1 Å². The Hall–Kier alpha value is -1.80. The van der Waals surface area contributed by atoms with Gasteiger partial charge in [0.15, 0.2) is 0 Å². The van der Waals surface area contributed by atoms with Crippen molar-refractivity contribution < 1.29 is 37.3 Å². The Labute approximate surface area is 364 Å². The van der Waals surface area contributed by atoms with Gasteiger partial charge in [-0.2, -0.15) is 0 Å². The third-order valence-corrected chi connectivity index (χ3v) is 11.0. The molecule has 0 aliphatic carbocycles. The molecule has 1 N–H and O–H groups in total. The topological polar surface area (TPSA) is 91.3 Å². The van der Waals surface area contributed by atoms with E-state index in [0.717, 1.165) is 77.0 Å². The van der Waals surface area contributed by atoms with Gasteiger partial charge < -0.3 is 18.9 Å². The molecule has 0 aromatic heterocycles. The van der Waals surface area contributed by atoms with Crippen molar-refractivity contribution >= 4 is 13.8 Å². The molecule has 2 unspecified atom stereocenters. The second kappa shape index (κ2) is 42.9. The van der Waals surface area contributed by atoms with Crippen molar-refractivity contribution in [2.24, 2.45) is 0 Å². The van der Waals surface area contributed by atoms with Crippen LogP contribution in [0.2, 0.25) is 0 Å². The molecule has 0 heterocycles. The fourth-order valence-corrected chi connectivity index (χ4v) is 7.10. The normalized spacial score (nSPS) is 14.2. The predicted octanol–water partition coefficient (Wildman–Crippen LogP) is 14.5. The first-order valence-electron chi connectivity index (χ1n) is 24.0. The Morgan fingerprint density at radius 3 is 1.47 bits per heavy atom. The van der Waals surface area contributed by atoms with Crippen LogP contribution in [0.4, 0.5) is 0 Å². The van der Waals surface area contributed by atoms with Crippen LogP contribution >= 0.6 is 7.82 Å². The predicted molar refractivity (Wildman–Crippen MR) is 252 cm³/mol. The van der Waals surface area contributed by atoms with Gasteiger partial charge in [0.05, 0.1) is 34.4 Å². The number of esters is 1. The van der Waals surface area contributed by atoms with Gasteiger partial charge in [-0.25, -0.2) is 4.57 Å². The number of quaternary nitrogens is 1. The first kappa shape index (κ1) is 57.2. The Kier molecular flexibility index (Phi) is 41.6. The van der Waals surface area contributed by atoms with Crippen molar-refractivity contribution in [3.8, 4) is 0 Å². The number of rotatable bonds is 44. The van der Waals surface area contributed by atoms with Gasteiger partial charge in [0.1, 0.15) is 19.3 Å². The number of likely N-dealkylation sites (N-methyl/N-ethyl adjacent to an activating group) is 1. The minimum atomic E-state index is -4.29. The Morgan fingerprint density at radius 2 is 0.983 bits per heavy atom. The molecule has 0 bridgehead atoms. The van der Waals surface area contributed by atoms with E-state index in [-0.39, 0.29) is 25.8 Å². The minimum Gasteiger partial charge on any atom is -0.457 e. The zero-order chi connectivity index (χ0) is 43.4. The molecule has 0 aliphatic heterocycles. The molecule has 59 heavy (non-hydrogen) atoms. The number of allylic oxidation sites excluding steroid dienone is 10. The zero-order valence-electron chi connectivity index (χ0n) is 39.0. The molecule has 0 aromatic carbocycles. The molecule has 9 heteroatoms. The molecule has 0 saturated heterocycles. The van der Waals surface area contributed by atoms with Gasteiger partial charge in [-0.15, -0.1) is 0 Å². The summed E-state index contributed by atoms with van der Waals surface area (Å²) in [5.74, 6) is -0.325. The smallest absolute Gasteiger partial charge is 0.457 e. The largest absolute Gasteiger partial charge is 0.472 e. The van der Waals surface area contributed by atoms with Gasteiger partial charge in [-0.3, -0.25) is 13.8 Å². The second-order valence-electron chi connectivity index (χ2n) is 17.1. The van der Waals surface area contributed by atoms with Crippen LogP contribution in [-0.4, -0.2) is 75.6 Å². The fourth-order valence-electron chi connectivity index (χ4n) is 6.36. The van der Waals surface area contributed by atoms with Crippen LogP contribution in [0.25, 0.3) is 0 Å². The summed E-state index contributed by atoms with van der Waals surface area (Å²) in [4.78, 5) is 22.9. The second-order valence-corrected chi connectivity index (χ2v) is 18.6. The monoisotopic (exact) mass is 851 g/mol. The van der Waals surface area contributed by atoms with E-state index in [1.54, 1.807) is 0 Å². The maximum atomic E-state index is 12.7. The third kappa shape index (κ3) is 47.1. The minimum absolute atomic E-state index is 0.0814. The summed E-state index contributed by atoms with van der Waals surface area (Å²) in [5, 5.41) is 0. The Morgan fingerprint density at radius 1 is 0.542 bits per heavy atom. The van der Waals surface area contributed by atoms with Crippen LogP contribution in [0.5, 0.6) is 0 Å². The number of carbonyl (C=O) groups is 1. The zero-order valence-corrected chi connectivity index (χ0v) is 39.9. The molecule has 0 amide bonds. The lowest BCUT2D eigenvalue weighted by Gasteiger charge is -2.24. The van der Waals surface area contributed by atoms with Crippen LogP contribution in [0, 0.1) is 0 Å². The van der Waals surface area contributed by atoms with E-state index < -0.39 is 13.9 Å². The highest BCUT2D eigenvalue weighted by Crippen LogP contribution is 2.43. The van der Waals surface area contributed by atoms with Gasteiger partial charge in [0.2, 0.25) is 0 Å². The lowest BCUT2D eigenvalue weighted by atomic mass is 10.0. The maximum absolute atomic E-state index is 12.7. The van der Waals surface area contributed by atoms with E-state index in [4.69, 9.17) is 18.5 Å². The van der Waals surface area contributed by atoms with Gasteiger partial charge in [-0.1, -0.05) is 171 Å². The average Bonchev–Trinajstić information content (AvgIpc) is 3.19. The Bertz CT molecular complexity index is 1130. The van der Waals surface area contributed by atoms with Gasteiger partial charge in [0, 0.05) is 13.0 Å². The SMILES string of the molecule is CC/C=C\C/C=C\C/C=C\CCCCCCOCC(COP(=O)(O)OCC[N+](C)(C)C)OC(=O)CCCCCCCCCCCCC/C=C\C/C=C\CCCCCCC. The molecule has 0 saturated carbocycles. The summed E-state index contributed by atoms with van der Waals surface area (Å²) in [6, 6.07) is 0. The van der Waals surface area contributed by atoms with E-state index in [1.807, 2.05) is 21.1 Å². The van der Waals surface area contributed by atoms with E-state index in [1.165, 1.54) is 96.3 Å². The van der Waals surface area contributed by atoms with E-state index in [2.05, 4.69) is 74.6 Å². The number of phosphoric acid groups is 1. The Balaban J connectivity index is 4.17. The van der Waals surface area contributed by atoms with Crippen molar-refractivity contribution in [3.63, 3.8) is 0 Å². The number of nitrogens with zero attached hydrogens (tertiary/aromatic N) is 1. The molecule has 0 spiro atoms. The van der Waals surface area contributed by atoms with Crippen LogP contribution < -0.4 is 0 Å². The molecule has 0 radical (unpaired) electrons. The number of phosphoric ester groups is 1. The van der Waals surface area contributed by atoms with Crippen LogP contribution in [0.3, 0.4) is 0 Å². The van der Waals surface area contributed by atoms with Gasteiger partial charge in [0.25, 0.3) is 0 Å². The van der Waals surface area contributed by atoms with Crippen LogP contribution in [0.1, 0.15) is 194 Å². The summed E-state index contributed by atoms with van der Waals surface area (Å²) in [6.07, 6.45) is 54.1. The van der Waals surface area contributed by atoms with E-state index >= 15 is 0 Å². The molecule has 0 rings (SSSR count). The number of hydrogen-bond acceptors (Lipinski definition) is 6. The van der Waals surface area contributed by atoms with Crippen molar-refractivity contribution in [1.82, 2.24) is 0 Å². The summed E-state index contributed by atoms with van der Waals surface area (Å²) in [5.41, 5.74) is 0. The standard InChI is InChI=1S/C50H92NO7P/c1-6-8-10-12-14-16-18-20-22-23-24-25-26-27-28-29-30-31-33-35-37-39-41-43-50(52)58-49(48-57-59(53,54)56-46-44-51(3,4)5)47-55-45-42-40-38-36-34-32-21-19-17-15-13-11-9-7-2/h9,11,15,17-18,20-21,23-24,32,49H,6-8,10,12-14,16,19,22,25-31,33-48H2,1-5H3/p+1/b11-9-,17-15-,20-18-,24-23-,32-21-. The van der Waals surface area contributed by atoms with Crippen LogP contribution in [0.15, 0.2) is 60.8 Å². The molecule has 344 valence electrons. The van der Waals surface area contributed by atoms with Gasteiger partial charge in [-0.05, 0) is 77.0 Å². The lowest BCUT2D eigenvalue weighted by Crippen LogP contribution is -2.37. The molecular weight excluding hydrogens is 758 g/mol. The number of hydrogen-bond donors (Lipinski definition) is 1. The van der Waals surface area contributed by atoms with Crippen molar-refractivity contribution in [3.05, 3.63) is 60.8 Å². The number of carbonyl (C=O) groups excluding carboxylic acids is 1. The number of ether oxygens (including phenoxy) is 2. The molecule has 0 aliphatic rings. The number of unbranched alkanes of at least 4 members (excludes halogenated alkanes) is 20. The van der Waals surface area contributed by atoms with Crippen LogP contribution in [-0.2, 0) is 27.9 Å². The highest BCUT2D eigenvalue weighted by atomic mass is 31.2. The highest BCUT2D eigenvalue weighted by molar-refractivity contribution is 7.47. The van der Waals surface area contributed by atoms with Gasteiger partial charge >= 0.3 is 13.8 Å². The third-order valence-electron chi connectivity index (χ3n) is 10.1. The summed E-state index contributed by atoms with van der Waals surface area (Å²) in [7, 11) is 1.64. The molecule has 8 nitrogen and oxygen atoms in total. The van der Waals surface area contributed by atoms with E-state index in [9.17, 15) is 14.3 Å². The first-order chi connectivity index (χ1) is 28.6. The fraction of sp³-hybridized carbons (Fsp3) is 0.780. The lowest BCUT2D eigenvalue weighted by molar-refractivity contribution is -0.870. The van der Waals surface area contributed by atoms with Crippen molar-refractivity contribution in [2.75, 3.05) is 54.1 Å². The van der Waals surface area contributed by atoms with Crippen molar-refractivity contribution in [2.45, 2.75) is 200 Å². The highest BCUT2D eigenvalue weighted by Gasteiger charge is 2.26. The molecular formula is C50H93NO7P+. The average molecular weight is 851 g/mol. The van der Waals surface area contributed by atoms with Crippen molar-refractivity contribution in [1.29, 1.82) is 0 Å². The quantitative estimate of drug-likeness (QED) is 0.0215. The summed E-state index contributed by atoms with van der Waals surface area (Å²) >= 11 is 0. The molecule has 0 aromatic rings.